The number of likely N-dealkylation sites (tertiary alicyclic amines) is 1. The number of benzene rings is 1. The van der Waals surface area contributed by atoms with Crippen LogP contribution in [0.1, 0.15) is 63.9 Å². The molecule has 3 heterocycles. The van der Waals surface area contributed by atoms with Crippen molar-refractivity contribution in [1.29, 1.82) is 0 Å². The number of hydrogen-bond acceptors (Lipinski definition) is 5. The second-order valence-electron chi connectivity index (χ2n) is 8.77. The molecule has 0 unspecified atom stereocenters. The van der Waals surface area contributed by atoms with Gasteiger partial charge in [-0.05, 0) is 73.5 Å². The fourth-order valence-corrected chi connectivity index (χ4v) is 4.33. The maximum atomic E-state index is 13.3. The van der Waals surface area contributed by atoms with E-state index in [1.165, 1.54) is 11.3 Å². The normalized spacial score (nSPS) is 16.7. The van der Waals surface area contributed by atoms with E-state index in [0.29, 0.717) is 5.56 Å². The van der Waals surface area contributed by atoms with Crippen LogP contribution in [0.2, 0.25) is 0 Å². The molecule has 0 bridgehead atoms. The number of tetrazole rings is 1. The minimum absolute atomic E-state index is 0.0947. The molecule has 3 aromatic rings. The van der Waals surface area contributed by atoms with Gasteiger partial charge in [0.15, 0.2) is 6.04 Å². The van der Waals surface area contributed by atoms with Gasteiger partial charge in [-0.1, -0.05) is 6.92 Å². The Bertz CT molecular complexity index is 1080. The molecule has 0 aliphatic carbocycles. The number of methoxy groups -OCH3 is 1. The minimum atomic E-state index is -0.233. The van der Waals surface area contributed by atoms with Crippen molar-refractivity contribution in [3.63, 3.8) is 0 Å². The number of fused-ring (bicyclic) bond motifs is 1. The fraction of sp³-hybridized carbons (Fsp3) is 0.545. The molecule has 30 heavy (non-hydrogen) atoms. The summed E-state index contributed by atoms with van der Waals surface area (Å²) in [7, 11) is 1.62. The Morgan fingerprint density at radius 1 is 1.23 bits per heavy atom. The van der Waals surface area contributed by atoms with Crippen LogP contribution in [0.15, 0.2) is 29.1 Å². The first-order chi connectivity index (χ1) is 14.4. The lowest BCUT2D eigenvalue weighted by atomic mass is 9.98. The van der Waals surface area contributed by atoms with Crippen LogP contribution < -0.4 is 15.2 Å². The zero-order valence-corrected chi connectivity index (χ0v) is 18.2. The van der Waals surface area contributed by atoms with Crippen LogP contribution in [0.3, 0.4) is 0 Å². The smallest absolute Gasteiger partial charge is 0.258 e. The molecule has 2 aromatic heterocycles. The summed E-state index contributed by atoms with van der Waals surface area (Å²) in [4.78, 5) is 17.7. The maximum absolute atomic E-state index is 13.3. The van der Waals surface area contributed by atoms with Gasteiger partial charge in [-0.2, -0.15) is 0 Å². The van der Waals surface area contributed by atoms with E-state index in [4.69, 9.17) is 4.74 Å². The van der Waals surface area contributed by atoms with E-state index in [1.807, 2.05) is 28.9 Å². The molecule has 1 aromatic carbocycles. The van der Waals surface area contributed by atoms with Gasteiger partial charge in [0.1, 0.15) is 5.75 Å². The van der Waals surface area contributed by atoms with Gasteiger partial charge in [0, 0.05) is 6.07 Å². The van der Waals surface area contributed by atoms with Gasteiger partial charge >= 0.3 is 0 Å². The van der Waals surface area contributed by atoms with Crippen LogP contribution in [0.25, 0.3) is 10.9 Å². The molecule has 160 valence electrons. The Labute approximate surface area is 176 Å². The molecule has 1 saturated heterocycles. The van der Waals surface area contributed by atoms with Gasteiger partial charge in [-0.3, -0.25) is 4.79 Å². The molecule has 0 saturated carbocycles. The van der Waals surface area contributed by atoms with Crippen LogP contribution in [-0.4, -0.2) is 45.4 Å². The van der Waals surface area contributed by atoms with Crippen molar-refractivity contribution in [1.82, 2.24) is 25.2 Å². The largest absolute Gasteiger partial charge is 0.497 e. The number of quaternary nitrogens is 1. The number of pyridine rings is 1. The number of piperidine rings is 1. The average molecular weight is 412 g/mol. The van der Waals surface area contributed by atoms with Crippen molar-refractivity contribution < 1.29 is 9.64 Å². The van der Waals surface area contributed by atoms with E-state index in [1.54, 1.807) is 7.11 Å². The molecule has 1 atom stereocenters. The van der Waals surface area contributed by atoms with Crippen LogP contribution >= 0.6 is 0 Å². The lowest BCUT2D eigenvalue weighted by Gasteiger charge is -2.33. The molecule has 1 aliphatic heterocycles. The van der Waals surface area contributed by atoms with Crippen molar-refractivity contribution in [2.24, 2.45) is 0 Å². The third kappa shape index (κ3) is 3.71. The quantitative estimate of drug-likeness (QED) is 0.646. The average Bonchev–Trinajstić information content (AvgIpc) is 3.25. The molecule has 0 radical (unpaired) electrons. The third-order valence-corrected chi connectivity index (χ3v) is 6.49. The zero-order chi connectivity index (χ0) is 21.3. The highest BCUT2D eigenvalue weighted by Crippen LogP contribution is 2.26. The molecule has 8 nitrogen and oxygen atoms in total. The summed E-state index contributed by atoms with van der Waals surface area (Å²) in [5, 5.41) is 13.8. The first-order valence-electron chi connectivity index (χ1n) is 10.8. The van der Waals surface area contributed by atoms with E-state index in [2.05, 4.69) is 41.3 Å². The number of aromatic amines is 1. The molecule has 8 heteroatoms. The molecule has 0 spiro atoms. The predicted molar refractivity (Wildman–Crippen MR) is 115 cm³/mol. The van der Waals surface area contributed by atoms with E-state index in [0.717, 1.165) is 54.8 Å². The Kier molecular flexibility index (Phi) is 5.60. The summed E-state index contributed by atoms with van der Waals surface area (Å²) in [6, 6.07) is 7.54. The van der Waals surface area contributed by atoms with Crippen molar-refractivity contribution in [2.45, 2.75) is 58.0 Å². The summed E-state index contributed by atoms with van der Waals surface area (Å²) in [6.45, 7) is 8.40. The molecule has 1 aliphatic rings. The standard InChI is InChI=1S/C22H30N6O2/c1-5-22(2,3)28-20(24-25-26-28)19(27-11-7-6-8-12-27)17-13-15-9-10-16(30-4)14-18(15)23-21(17)29/h9-10,13-14,19H,5-8,11-12H2,1-4H3,(H,23,29)/p+1/t19-/m0/s1. The van der Waals surface area contributed by atoms with Gasteiger partial charge in [0.05, 0.1) is 36.8 Å². The number of ether oxygens (including phenoxy) is 1. The number of aromatic nitrogens is 5. The summed E-state index contributed by atoms with van der Waals surface area (Å²) >= 11 is 0. The van der Waals surface area contributed by atoms with Gasteiger partial charge in [-0.25, -0.2) is 4.68 Å². The van der Waals surface area contributed by atoms with Gasteiger partial charge < -0.3 is 14.6 Å². The van der Waals surface area contributed by atoms with Crippen LogP contribution in [0.4, 0.5) is 0 Å². The monoisotopic (exact) mass is 411 g/mol. The zero-order valence-electron chi connectivity index (χ0n) is 18.2. The molecule has 0 amide bonds. The summed E-state index contributed by atoms with van der Waals surface area (Å²) < 4.78 is 7.22. The predicted octanol–water partition coefficient (Wildman–Crippen LogP) is 1.83. The molecule has 1 fully saturated rings. The number of rotatable bonds is 6. The second kappa shape index (κ2) is 8.18. The summed E-state index contributed by atoms with van der Waals surface area (Å²) in [5.41, 5.74) is 1.16. The van der Waals surface area contributed by atoms with Gasteiger partial charge in [0.25, 0.3) is 5.56 Å². The van der Waals surface area contributed by atoms with Crippen molar-refractivity contribution in [3.8, 4) is 5.75 Å². The Balaban J connectivity index is 1.89. The lowest BCUT2D eigenvalue weighted by Crippen LogP contribution is -3.13. The second-order valence-corrected chi connectivity index (χ2v) is 8.77. The highest BCUT2D eigenvalue weighted by molar-refractivity contribution is 5.80. The first kappa shape index (κ1) is 20.5. The first-order valence-corrected chi connectivity index (χ1v) is 10.8. The Morgan fingerprint density at radius 3 is 2.70 bits per heavy atom. The molecule has 2 N–H and O–H groups in total. The number of H-pyrrole nitrogens is 1. The van der Waals surface area contributed by atoms with E-state index in [-0.39, 0.29) is 17.1 Å². The highest BCUT2D eigenvalue weighted by Gasteiger charge is 2.37. The maximum Gasteiger partial charge on any atom is 0.258 e. The fourth-order valence-electron chi connectivity index (χ4n) is 4.33. The minimum Gasteiger partial charge on any atom is -0.497 e. The molecular formula is C22H31N6O2+. The van der Waals surface area contributed by atoms with Crippen LogP contribution in [0.5, 0.6) is 5.75 Å². The number of nitrogens with zero attached hydrogens (tertiary/aromatic N) is 4. The van der Waals surface area contributed by atoms with E-state index >= 15 is 0 Å². The lowest BCUT2D eigenvalue weighted by molar-refractivity contribution is -0.931. The van der Waals surface area contributed by atoms with Crippen LogP contribution in [0, 0.1) is 0 Å². The Hall–Kier alpha value is -2.74. The van der Waals surface area contributed by atoms with E-state index in [9.17, 15) is 4.79 Å². The third-order valence-electron chi connectivity index (χ3n) is 6.49. The highest BCUT2D eigenvalue weighted by atomic mass is 16.5. The van der Waals surface area contributed by atoms with Gasteiger partial charge in [0.2, 0.25) is 5.82 Å². The molecular weight excluding hydrogens is 380 g/mol. The Morgan fingerprint density at radius 2 is 2.00 bits per heavy atom. The summed E-state index contributed by atoms with van der Waals surface area (Å²) in [5.74, 6) is 1.48. The van der Waals surface area contributed by atoms with Crippen molar-refractivity contribution >= 4 is 10.9 Å². The van der Waals surface area contributed by atoms with Crippen LogP contribution in [-0.2, 0) is 5.54 Å². The van der Waals surface area contributed by atoms with Gasteiger partial charge in [-0.15, -0.1) is 5.10 Å². The number of nitrogens with one attached hydrogen (secondary N) is 2. The SMILES string of the molecule is CCC(C)(C)n1nnnc1[C@H](c1cc2ccc(OC)cc2[nH]c1=O)[NH+]1CCCCC1. The molecule has 4 rings (SSSR count). The van der Waals surface area contributed by atoms with E-state index < -0.39 is 0 Å². The number of hydrogen-bond donors (Lipinski definition) is 2. The summed E-state index contributed by atoms with van der Waals surface area (Å²) in [6.07, 6.45) is 4.41. The topological polar surface area (TPSA) is 90.1 Å². The van der Waals surface area contributed by atoms with Crippen molar-refractivity contribution in [3.05, 3.63) is 46.0 Å². The van der Waals surface area contributed by atoms with Crippen molar-refractivity contribution in [2.75, 3.05) is 20.2 Å².